The number of hydrogen-bond acceptors (Lipinski definition) is 7. The molecule has 0 saturated heterocycles. The van der Waals surface area contributed by atoms with Crippen molar-refractivity contribution in [3.8, 4) is 5.75 Å². The molecular weight excluding hydrogens is 279 g/mol. The van der Waals surface area contributed by atoms with Gasteiger partial charge in [0.1, 0.15) is 5.75 Å². The molecule has 0 aliphatic rings. The van der Waals surface area contributed by atoms with E-state index in [2.05, 4.69) is 0 Å². The fraction of sp³-hybridized carbons (Fsp3) is 0.333. The normalized spacial score (nSPS) is 10.6. The summed E-state index contributed by atoms with van der Waals surface area (Å²) >= 11 is 5.02. The lowest BCUT2D eigenvalue weighted by molar-refractivity contribution is -0.385. The van der Waals surface area contributed by atoms with Crippen LogP contribution in [0.25, 0.3) is 0 Å². The minimum absolute atomic E-state index is 0. The number of nitro benzene ring substituents is 1. The molecule has 0 amide bonds. The lowest BCUT2D eigenvalue weighted by Crippen LogP contribution is -1.98. The van der Waals surface area contributed by atoms with Gasteiger partial charge >= 0.3 is 6.72 Å². The summed E-state index contributed by atoms with van der Waals surface area (Å²) in [5, 5.41) is 10.6. The van der Waals surface area contributed by atoms with Gasteiger partial charge < -0.3 is 19.7 Å². The summed E-state index contributed by atoms with van der Waals surface area (Å²) < 4.78 is 15.3. The molecule has 1 aromatic rings. The van der Waals surface area contributed by atoms with E-state index in [9.17, 15) is 10.1 Å². The molecule has 102 valence electrons. The van der Waals surface area contributed by atoms with E-state index in [0.29, 0.717) is 11.3 Å². The zero-order chi connectivity index (χ0) is 13.1. The van der Waals surface area contributed by atoms with Crippen molar-refractivity contribution >= 4 is 24.2 Å². The summed E-state index contributed by atoms with van der Waals surface area (Å²) in [6.45, 7) is -1.18. The van der Waals surface area contributed by atoms with E-state index in [1.807, 2.05) is 0 Å². The van der Waals surface area contributed by atoms with Crippen molar-refractivity contribution in [3.63, 3.8) is 0 Å². The Kier molecular flexibility index (Phi) is 6.37. The highest BCUT2D eigenvalue weighted by Crippen LogP contribution is 2.48. The Bertz CT molecular complexity index is 474. The van der Waals surface area contributed by atoms with Gasteiger partial charge in [0, 0.05) is 37.7 Å². The molecule has 3 N–H and O–H groups in total. The summed E-state index contributed by atoms with van der Waals surface area (Å²) in [7, 11) is 2.78. The smallest absolute Gasteiger partial charge is 0.380 e. The first kappa shape index (κ1) is 16.9. The Morgan fingerprint density at radius 1 is 1.33 bits per heavy atom. The van der Waals surface area contributed by atoms with Crippen molar-refractivity contribution in [3.05, 3.63) is 33.9 Å². The summed E-state index contributed by atoms with van der Waals surface area (Å²) in [4.78, 5) is 10.2. The Morgan fingerprint density at radius 2 is 1.89 bits per heavy atom. The number of rotatable bonds is 5. The molecule has 0 spiro atoms. The van der Waals surface area contributed by atoms with E-state index < -0.39 is 11.6 Å². The number of nitro groups is 1. The molecule has 0 aromatic heterocycles. The van der Waals surface area contributed by atoms with Crippen molar-refractivity contribution in [2.45, 2.75) is 6.92 Å². The first-order valence-electron chi connectivity index (χ1n) is 4.58. The number of benzene rings is 1. The molecule has 0 aliphatic carbocycles. The van der Waals surface area contributed by atoms with Crippen molar-refractivity contribution in [1.29, 1.82) is 0 Å². The van der Waals surface area contributed by atoms with Gasteiger partial charge in [0.25, 0.3) is 5.69 Å². The molecule has 9 heteroatoms. The van der Waals surface area contributed by atoms with Crippen molar-refractivity contribution in [2.75, 3.05) is 14.2 Å². The maximum Gasteiger partial charge on any atom is 0.380 e. The zero-order valence-electron chi connectivity index (χ0n) is 10.3. The van der Waals surface area contributed by atoms with Gasteiger partial charge in [-0.2, -0.15) is 0 Å². The Labute approximate surface area is 110 Å². The molecule has 0 aliphatic heterocycles. The van der Waals surface area contributed by atoms with Crippen LogP contribution in [-0.2, 0) is 20.9 Å². The third-order valence-electron chi connectivity index (χ3n) is 2.03. The van der Waals surface area contributed by atoms with Crippen LogP contribution >= 0.6 is 6.72 Å². The second kappa shape index (κ2) is 6.77. The molecule has 0 atom stereocenters. The highest BCUT2D eigenvalue weighted by molar-refractivity contribution is 8.07. The molecular formula is C9H15N2O5PS. The van der Waals surface area contributed by atoms with Gasteiger partial charge in [-0.05, 0) is 19.1 Å². The largest absolute Gasteiger partial charge is 0.424 e. The van der Waals surface area contributed by atoms with E-state index >= 15 is 0 Å². The van der Waals surface area contributed by atoms with Gasteiger partial charge in [-0.1, -0.05) is 0 Å². The first-order chi connectivity index (χ1) is 7.91. The summed E-state index contributed by atoms with van der Waals surface area (Å²) in [5.74, 6) is 0.389. The summed E-state index contributed by atoms with van der Waals surface area (Å²) in [5.41, 5.74) is 0.516. The average Bonchev–Trinajstić information content (AvgIpc) is 2.28. The van der Waals surface area contributed by atoms with Crippen LogP contribution in [0.15, 0.2) is 18.2 Å². The maximum atomic E-state index is 10.6. The van der Waals surface area contributed by atoms with E-state index in [-0.39, 0.29) is 11.8 Å². The third-order valence-corrected chi connectivity index (χ3v) is 4.48. The van der Waals surface area contributed by atoms with Crippen molar-refractivity contribution < 1.29 is 18.5 Å². The van der Waals surface area contributed by atoms with E-state index in [1.165, 1.54) is 32.4 Å². The third kappa shape index (κ3) is 4.01. The Morgan fingerprint density at radius 3 is 2.28 bits per heavy atom. The second-order valence-electron chi connectivity index (χ2n) is 3.11. The molecule has 0 unspecified atom stereocenters. The van der Waals surface area contributed by atoms with Gasteiger partial charge in [0.05, 0.1) is 4.92 Å². The maximum absolute atomic E-state index is 10.6. The molecule has 7 nitrogen and oxygen atoms in total. The molecule has 1 rings (SSSR count). The SMILES string of the molecule is COP(=S)(OC)Oc1ccc([N+](=O)[O-])c(C)c1.N. The average molecular weight is 294 g/mol. The predicted molar refractivity (Wildman–Crippen MR) is 71.8 cm³/mol. The number of aryl methyl sites for hydroxylation is 1. The van der Waals surface area contributed by atoms with E-state index in [4.69, 9.17) is 25.4 Å². The number of hydrogen-bond donors (Lipinski definition) is 1. The van der Waals surface area contributed by atoms with Crippen LogP contribution in [0.5, 0.6) is 5.75 Å². The van der Waals surface area contributed by atoms with Crippen molar-refractivity contribution in [2.24, 2.45) is 0 Å². The minimum atomic E-state index is -2.80. The van der Waals surface area contributed by atoms with E-state index in [1.54, 1.807) is 6.92 Å². The van der Waals surface area contributed by atoms with Crippen LogP contribution < -0.4 is 10.7 Å². The van der Waals surface area contributed by atoms with Crippen LogP contribution in [0.4, 0.5) is 5.69 Å². The summed E-state index contributed by atoms with van der Waals surface area (Å²) in [6.07, 6.45) is 0. The lowest BCUT2D eigenvalue weighted by atomic mass is 10.2. The molecule has 18 heavy (non-hydrogen) atoms. The van der Waals surface area contributed by atoms with Gasteiger partial charge in [-0.3, -0.25) is 10.1 Å². The fourth-order valence-electron chi connectivity index (χ4n) is 1.17. The molecule has 0 bridgehead atoms. The monoisotopic (exact) mass is 294 g/mol. The highest BCUT2D eigenvalue weighted by atomic mass is 32.5. The minimum Gasteiger partial charge on any atom is -0.424 e. The van der Waals surface area contributed by atoms with Crippen LogP contribution in [0.2, 0.25) is 0 Å². The zero-order valence-corrected chi connectivity index (χ0v) is 12.0. The van der Waals surface area contributed by atoms with Crippen molar-refractivity contribution in [1.82, 2.24) is 6.15 Å². The second-order valence-corrected chi connectivity index (χ2v) is 6.26. The molecule has 1 aromatic carbocycles. The first-order valence-corrected chi connectivity index (χ1v) is 7.13. The molecule has 0 saturated carbocycles. The fourth-order valence-corrected chi connectivity index (χ4v) is 2.10. The van der Waals surface area contributed by atoms with Crippen LogP contribution in [-0.4, -0.2) is 19.1 Å². The standard InChI is InChI=1S/C9H12NO5PS.H3N/c1-7-6-8(4-5-9(7)10(11)12)15-16(17,13-2)14-3;/h4-6H,1-3H3;1H3. The summed E-state index contributed by atoms with van der Waals surface area (Å²) in [6, 6.07) is 4.34. The Balaban J connectivity index is 0.00000289. The van der Waals surface area contributed by atoms with Gasteiger partial charge in [0.2, 0.25) is 0 Å². The van der Waals surface area contributed by atoms with Crippen LogP contribution in [0, 0.1) is 17.0 Å². The molecule has 0 fully saturated rings. The van der Waals surface area contributed by atoms with E-state index in [0.717, 1.165) is 0 Å². The van der Waals surface area contributed by atoms with Gasteiger partial charge in [0.15, 0.2) is 0 Å². The Hall–Kier alpha value is -1.05. The lowest BCUT2D eigenvalue weighted by Gasteiger charge is -2.18. The number of nitrogens with zero attached hydrogens (tertiary/aromatic N) is 1. The van der Waals surface area contributed by atoms with Gasteiger partial charge in [-0.15, -0.1) is 0 Å². The quantitative estimate of drug-likeness (QED) is 0.505. The van der Waals surface area contributed by atoms with Gasteiger partial charge in [-0.25, -0.2) is 0 Å². The predicted octanol–water partition coefficient (Wildman–Crippen LogP) is 2.96. The molecule has 0 heterocycles. The van der Waals surface area contributed by atoms with Crippen LogP contribution in [0.1, 0.15) is 5.56 Å². The molecule has 0 radical (unpaired) electrons. The highest BCUT2D eigenvalue weighted by Gasteiger charge is 2.19. The topological polar surface area (TPSA) is 106 Å². The van der Waals surface area contributed by atoms with Crippen LogP contribution in [0.3, 0.4) is 0 Å².